The van der Waals surface area contributed by atoms with Crippen LogP contribution in [0.15, 0.2) is 12.2 Å². The highest BCUT2D eigenvalue weighted by Crippen LogP contribution is 2.30. The summed E-state index contributed by atoms with van der Waals surface area (Å²) < 4.78 is 0. The maximum Gasteiger partial charge on any atom is 0.0338 e. The fraction of sp³-hybridized carbons (Fsp3) is 0.833. The lowest BCUT2D eigenvalue weighted by Gasteiger charge is -2.15. The Hall–Kier alpha value is 0.0300. The lowest BCUT2D eigenvalue weighted by molar-refractivity contribution is 0.430. The Morgan fingerprint density at radius 2 is 2.08 bits per heavy atom. The predicted molar refractivity (Wildman–Crippen MR) is 60.3 cm³/mol. The van der Waals surface area contributed by atoms with Crippen LogP contribution in [0.25, 0.3) is 0 Å². The molecule has 1 rings (SSSR count). The van der Waals surface area contributed by atoms with Crippen molar-refractivity contribution in [2.24, 2.45) is 5.92 Å². The lowest BCUT2D eigenvalue weighted by atomic mass is 9.93. The quantitative estimate of drug-likeness (QED) is 0.357. The molecule has 1 heteroatoms. The van der Waals surface area contributed by atoms with Gasteiger partial charge in [-0.25, -0.2) is 0 Å². The summed E-state index contributed by atoms with van der Waals surface area (Å²) in [5.74, 6) is 0.863. The largest absolute Gasteiger partial charge is 0.123 e. The molecule has 2 atom stereocenters. The number of rotatable bonds is 3. The Morgan fingerprint density at radius 1 is 1.38 bits per heavy atom. The monoisotopic (exact) mass is 200 g/mol. The third kappa shape index (κ3) is 4.71. The van der Waals surface area contributed by atoms with Crippen LogP contribution in [0.5, 0.6) is 0 Å². The van der Waals surface area contributed by atoms with Crippen LogP contribution in [-0.4, -0.2) is 5.38 Å². The van der Waals surface area contributed by atoms with Crippen LogP contribution in [-0.2, 0) is 0 Å². The Kier molecular flexibility index (Phi) is 4.87. The fourth-order valence-electron chi connectivity index (χ4n) is 2.11. The maximum atomic E-state index is 6.21. The van der Waals surface area contributed by atoms with Crippen molar-refractivity contribution in [1.29, 1.82) is 0 Å². The van der Waals surface area contributed by atoms with E-state index in [4.69, 9.17) is 11.6 Å². The summed E-state index contributed by atoms with van der Waals surface area (Å²) in [6, 6.07) is 0. The average molecular weight is 201 g/mol. The van der Waals surface area contributed by atoms with Crippen molar-refractivity contribution in [3.8, 4) is 0 Å². The Balaban J connectivity index is 2.26. The van der Waals surface area contributed by atoms with Gasteiger partial charge in [0, 0.05) is 5.38 Å². The van der Waals surface area contributed by atoms with E-state index in [1.807, 2.05) is 0 Å². The first kappa shape index (κ1) is 11.1. The molecule has 0 bridgehead atoms. The second-order valence-electron chi connectivity index (χ2n) is 4.48. The molecule has 1 aliphatic rings. The van der Waals surface area contributed by atoms with Crippen molar-refractivity contribution in [3.05, 3.63) is 12.2 Å². The molecule has 1 aliphatic carbocycles. The van der Waals surface area contributed by atoms with Gasteiger partial charge < -0.3 is 0 Å². The third-order valence-electron chi connectivity index (χ3n) is 2.95. The SMILES string of the molecule is C=C(C)CCC1CCCCC(Cl)C1. The van der Waals surface area contributed by atoms with Crippen molar-refractivity contribution in [1.82, 2.24) is 0 Å². The molecule has 13 heavy (non-hydrogen) atoms. The second kappa shape index (κ2) is 5.70. The van der Waals surface area contributed by atoms with E-state index in [1.165, 1.54) is 50.5 Å². The number of hydrogen-bond acceptors (Lipinski definition) is 0. The van der Waals surface area contributed by atoms with Gasteiger partial charge in [-0.1, -0.05) is 24.8 Å². The van der Waals surface area contributed by atoms with Crippen LogP contribution in [0.3, 0.4) is 0 Å². The minimum absolute atomic E-state index is 0.442. The van der Waals surface area contributed by atoms with Crippen LogP contribution >= 0.6 is 11.6 Å². The topological polar surface area (TPSA) is 0 Å². The molecule has 0 aromatic carbocycles. The van der Waals surface area contributed by atoms with E-state index in [2.05, 4.69) is 13.5 Å². The van der Waals surface area contributed by atoms with E-state index in [0.29, 0.717) is 5.38 Å². The van der Waals surface area contributed by atoms with Crippen molar-refractivity contribution in [2.45, 2.75) is 57.2 Å². The zero-order chi connectivity index (χ0) is 9.68. The first-order chi connectivity index (χ1) is 6.18. The molecule has 0 heterocycles. The van der Waals surface area contributed by atoms with Gasteiger partial charge in [0.15, 0.2) is 0 Å². The average Bonchev–Trinajstić information content (AvgIpc) is 2.26. The first-order valence-corrected chi connectivity index (χ1v) is 5.90. The smallest absolute Gasteiger partial charge is 0.0338 e. The van der Waals surface area contributed by atoms with E-state index in [-0.39, 0.29) is 0 Å². The van der Waals surface area contributed by atoms with Crippen LogP contribution in [0.2, 0.25) is 0 Å². The van der Waals surface area contributed by atoms with Gasteiger partial charge in [0.1, 0.15) is 0 Å². The van der Waals surface area contributed by atoms with Gasteiger partial charge in [0.2, 0.25) is 0 Å². The number of alkyl halides is 1. The normalized spacial score (nSPS) is 29.7. The summed E-state index contributed by atoms with van der Waals surface area (Å²) in [4.78, 5) is 0. The van der Waals surface area contributed by atoms with Gasteiger partial charge in [0.25, 0.3) is 0 Å². The molecular weight excluding hydrogens is 180 g/mol. The van der Waals surface area contributed by atoms with E-state index in [0.717, 1.165) is 5.92 Å². The molecular formula is C12H21Cl. The van der Waals surface area contributed by atoms with Crippen LogP contribution in [0.4, 0.5) is 0 Å². The molecule has 0 amide bonds. The summed E-state index contributed by atoms with van der Waals surface area (Å²) in [6.07, 6.45) is 9.05. The van der Waals surface area contributed by atoms with Gasteiger partial charge in [-0.3, -0.25) is 0 Å². The lowest BCUT2D eigenvalue weighted by Crippen LogP contribution is -2.05. The number of halogens is 1. The summed E-state index contributed by atoms with van der Waals surface area (Å²) >= 11 is 6.21. The third-order valence-corrected chi connectivity index (χ3v) is 3.34. The highest BCUT2D eigenvalue weighted by molar-refractivity contribution is 6.20. The molecule has 0 nitrogen and oxygen atoms in total. The predicted octanol–water partition coefficient (Wildman–Crippen LogP) is 4.53. The Morgan fingerprint density at radius 3 is 2.77 bits per heavy atom. The molecule has 0 radical (unpaired) electrons. The van der Waals surface area contributed by atoms with Crippen molar-refractivity contribution >= 4 is 11.6 Å². The molecule has 0 saturated heterocycles. The highest BCUT2D eigenvalue weighted by atomic mass is 35.5. The summed E-state index contributed by atoms with van der Waals surface area (Å²) in [5, 5.41) is 0.442. The van der Waals surface area contributed by atoms with E-state index >= 15 is 0 Å². The summed E-state index contributed by atoms with van der Waals surface area (Å²) in [6.45, 7) is 6.07. The Labute approximate surface area is 87.4 Å². The molecule has 0 spiro atoms. The zero-order valence-corrected chi connectivity index (χ0v) is 9.45. The standard InChI is InChI=1S/C12H21Cl/c1-10(2)7-8-11-5-3-4-6-12(13)9-11/h11-12H,1,3-9H2,2H3. The highest BCUT2D eigenvalue weighted by Gasteiger charge is 2.17. The van der Waals surface area contributed by atoms with Gasteiger partial charge in [-0.15, -0.1) is 18.2 Å². The minimum Gasteiger partial charge on any atom is -0.123 e. The van der Waals surface area contributed by atoms with Gasteiger partial charge in [0.05, 0.1) is 0 Å². The molecule has 1 saturated carbocycles. The molecule has 1 fully saturated rings. The molecule has 2 unspecified atom stereocenters. The number of hydrogen-bond donors (Lipinski definition) is 0. The summed E-state index contributed by atoms with van der Waals surface area (Å²) in [7, 11) is 0. The first-order valence-electron chi connectivity index (χ1n) is 5.47. The van der Waals surface area contributed by atoms with E-state index in [9.17, 15) is 0 Å². The van der Waals surface area contributed by atoms with Crippen LogP contribution < -0.4 is 0 Å². The van der Waals surface area contributed by atoms with E-state index < -0.39 is 0 Å². The van der Waals surface area contributed by atoms with Crippen LogP contribution in [0.1, 0.15) is 51.9 Å². The fourth-order valence-corrected chi connectivity index (χ4v) is 2.52. The van der Waals surface area contributed by atoms with Gasteiger partial charge in [-0.05, 0) is 38.5 Å². The van der Waals surface area contributed by atoms with Gasteiger partial charge >= 0.3 is 0 Å². The molecule has 0 aromatic rings. The summed E-state index contributed by atoms with van der Waals surface area (Å²) in [5.41, 5.74) is 1.32. The minimum atomic E-state index is 0.442. The zero-order valence-electron chi connectivity index (χ0n) is 8.69. The van der Waals surface area contributed by atoms with Crippen LogP contribution in [0, 0.1) is 5.92 Å². The Bertz CT molecular complexity index is 163. The molecule has 0 aliphatic heterocycles. The van der Waals surface area contributed by atoms with Crippen molar-refractivity contribution in [2.75, 3.05) is 0 Å². The van der Waals surface area contributed by atoms with Gasteiger partial charge in [-0.2, -0.15) is 0 Å². The second-order valence-corrected chi connectivity index (χ2v) is 5.10. The molecule has 0 aromatic heterocycles. The number of allylic oxidation sites excluding steroid dienone is 1. The van der Waals surface area contributed by atoms with Crippen molar-refractivity contribution < 1.29 is 0 Å². The maximum absolute atomic E-state index is 6.21. The molecule has 0 N–H and O–H groups in total. The van der Waals surface area contributed by atoms with E-state index in [1.54, 1.807) is 0 Å². The van der Waals surface area contributed by atoms with Crippen molar-refractivity contribution in [3.63, 3.8) is 0 Å². The molecule has 76 valence electrons.